The van der Waals surface area contributed by atoms with Gasteiger partial charge >= 0.3 is 0 Å². The topological polar surface area (TPSA) is 49.7 Å². The number of nitrogens with zero attached hydrogens (tertiary/aromatic N) is 1. The first kappa shape index (κ1) is 12.9. The Morgan fingerprint density at radius 3 is 2.60 bits per heavy atom. The first-order chi connectivity index (χ1) is 7.05. The molecule has 0 aromatic rings. The van der Waals surface area contributed by atoms with E-state index < -0.39 is 0 Å². The summed E-state index contributed by atoms with van der Waals surface area (Å²) in [5.74, 6) is 0.208. The highest BCUT2D eigenvalue weighted by molar-refractivity contribution is 14.1. The van der Waals surface area contributed by atoms with Crippen molar-refractivity contribution < 1.29 is 5.11 Å². The number of alkyl halides is 1. The van der Waals surface area contributed by atoms with Crippen LogP contribution in [0.5, 0.6) is 0 Å². The van der Waals surface area contributed by atoms with Crippen molar-refractivity contribution in [3.05, 3.63) is 16.4 Å². The molecule has 0 aromatic carbocycles. The van der Waals surface area contributed by atoms with Crippen molar-refractivity contribution in [2.75, 3.05) is 0 Å². The number of allylic oxidation sites excluding steroid dienone is 2. The molecule has 0 fully saturated rings. The molecule has 0 radical (unpaired) electrons. The van der Waals surface area contributed by atoms with Crippen LogP contribution < -0.4 is 0 Å². The molecule has 4 heteroatoms. The van der Waals surface area contributed by atoms with Crippen LogP contribution in [0.1, 0.15) is 51.9 Å². The van der Waals surface area contributed by atoms with Gasteiger partial charge in [0.15, 0.2) is 0 Å². The van der Waals surface area contributed by atoms with Gasteiger partial charge in [0, 0.05) is 9.84 Å². The van der Waals surface area contributed by atoms with Crippen molar-refractivity contribution in [3.8, 4) is 0 Å². The molecule has 1 rings (SSSR count). The van der Waals surface area contributed by atoms with Gasteiger partial charge in [0.25, 0.3) is 0 Å². The molecule has 0 heterocycles. The Labute approximate surface area is 104 Å². The molecule has 0 amide bonds. The fourth-order valence-electron chi connectivity index (χ4n) is 1.92. The molecule has 3 nitrogen and oxygen atoms in total. The van der Waals surface area contributed by atoms with E-state index in [1.165, 1.54) is 6.42 Å². The van der Waals surface area contributed by atoms with Gasteiger partial charge in [-0.15, -0.1) is 4.91 Å². The summed E-state index contributed by atoms with van der Waals surface area (Å²) in [6, 6.07) is 0. The van der Waals surface area contributed by atoms with Gasteiger partial charge in [-0.2, -0.15) is 0 Å². The van der Waals surface area contributed by atoms with Crippen molar-refractivity contribution in [2.45, 2.75) is 55.3 Å². The van der Waals surface area contributed by atoms with Crippen LogP contribution in [0.3, 0.4) is 0 Å². The van der Waals surface area contributed by atoms with E-state index in [9.17, 15) is 10.0 Å². The van der Waals surface area contributed by atoms with Gasteiger partial charge < -0.3 is 5.11 Å². The fourth-order valence-corrected chi connectivity index (χ4v) is 2.69. The van der Waals surface area contributed by atoms with Gasteiger partial charge in [-0.05, 0) is 37.3 Å². The summed E-state index contributed by atoms with van der Waals surface area (Å²) in [5, 5.41) is 12.6. The maximum atomic E-state index is 10.5. The Kier molecular flexibility index (Phi) is 5.02. The number of aliphatic hydroxyl groups excluding tert-OH is 1. The average molecular weight is 323 g/mol. The van der Waals surface area contributed by atoms with Crippen LogP contribution in [0.15, 0.2) is 16.6 Å². The number of hydrogen-bond acceptors (Lipinski definition) is 3. The van der Waals surface area contributed by atoms with Crippen molar-refractivity contribution in [1.82, 2.24) is 0 Å². The van der Waals surface area contributed by atoms with Crippen LogP contribution in [-0.2, 0) is 0 Å². The van der Waals surface area contributed by atoms with Crippen molar-refractivity contribution in [2.24, 2.45) is 5.18 Å². The SMILES string of the molecule is CC1(I)CCCC/C(N=O)=C(/O)CCC1. The highest BCUT2D eigenvalue weighted by atomic mass is 127. The number of nitroso groups, excluding NO2 is 1. The predicted octanol–water partition coefficient (Wildman–Crippen LogP) is 4.46. The smallest absolute Gasteiger partial charge is 0.122 e. The highest BCUT2D eigenvalue weighted by Crippen LogP contribution is 2.33. The molecule has 0 saturated heterocycles. The third-order valence-corrected chi connectivity index (χ3v) is 4.00. The highest BCUT2D eigenvalue weighted by Gasteiger charge is 2.21. The van der Waals surface area contributed by atoms with E-state index in [1.54, 1.807) is 0 Å². The molecule has 0 aliphatic heterocycles. The van der Waals surface area contributed by atoms with Crippen LogP contribution in [0.2, 0.25) is 0 Å². The Morgan fingerprint density at radius 1 is 1.27 bits per heavy atom. The summed E-state index contributed by atoms with van der Waals surface area (Å²) in [7, 11) is 0. The maximum Gasteiger partial charge on any atom is 0.122 e. The molecule has 86 valence electrons. The number of halogens is 1. The van der Waals surface area contributed by atoms with Gasteiger partial charge in [0.1, 0.15) is 11.5 Å². The minimum absolute atomic E-state index is 0.208. The molecular formula is C11H18INO2. The van der Waals surface area contributed by atoms with E-state index in [2.05, 4.69) is 34.7 Å². The fraction of sp³-hybridized carbons (Fsp3) is 0.818. The van der Waals surface area contributed by atoms with Gasteiger partial charge in [-0.3, -0.25) is 0 Å². The second-order valence-corrected chi connectivity index (χ2v) is 7.06. The summed E-state index contributed by atoms with van der Waals surface area (Å²) in [6.45, 7) is 2.26. The van der Waals surface area contributed by atoms with E-state index >= 15 is 0 Å². The Morgan fingerprint density at radius 2 is 1.93 bits per heavy atom. The normalized spacial score (nSPS) is 34.8. The van der Waals surface area contributed by atoms with Gasteiger partial charge in [-0.25, -0.2) is 0 Å². The van der Waals surface area contributed by atoms with Crippen molar-refractivity contribution in [1.29, 1.82) is 0 Å². The average Bonchev–Trinajstić information content (AvgIpc) is 2.16. The predicted molar refractivity (Wildman–Crippen MR) is 70.2 cm³/mol. The monoisotopic (exact) mass is 323 g/mol. The lowest BCUT2D eigenvalue weighted by molar-refractivity contribution is 0.360. The zero-order valence-corrected chi connectivity index (χ0v) is 11.3. The van der Waals surface area contributed by atoms with E-state index in [0.29, 0.717) is 22.0 Å². The number of aliphatic hydroxyl groups is 1. The zero-order valence-electron chi connectivity index (χ0n) is 9.13. The molecule has 15 heavy (non-hydrogen) atoms. The minimum atomic E-state index is 0.208. The maximum absolute atomic E-state index is 10.5. The standard InChI is InChI=1S/C11H18INO2/c1-11(12)7-3-2-5-9(13-15)10(14)6-4-8-11/h14H,2-8H2,1H3/b10-9-. The molecule has 0 bridgehead atoms. The van der Waals surface area contributed by atoms with Crippen LogP contribution in [0.4, 0.5) is 0 Å². The molecule has 1 unspecified atom stereocenters. The van der Waals surface area contributed by atoms with Gasteiger partial charge in [-0.1, -0.05) is 35.9 Å². The third-order valence-electron chi connectivity index (χ3n) is 2.92. The summed E-state index contributed by atoms with van der Waals surface area (Å²) in [5.41, 5.74) is 0.368. The van der Waals surface area contributed by atoms with Gasteiger partial charge in [0.05, 0.1) is 0 Å². The van der Waals surface area contributed by atoms with Crippen LogP contribution in [0.25, 0.3) is 0 Å². The summed E-state index contributed by atoms with van der Waals surface area (Å²) < 4.78 is 0.337. The second kappa shape index (κ2) is 5.82. The molecular weight excluding hydrogens is 305 g/mol. The van der Waals surface area contributed by atoms with Gasteiger partial charge in [0.2, 0.25) is 0 Å². The second-order valence-electron chi connectivity index (χ2n) is 4.46. The Balaban J connectivity index is 2.65. The summed E-state index contributed by atoms with van der Waals surface area (Å²) in [6.07, 6.45) is 6.48. The molecule has 1 atom stereocenters. The Hall–Kier alpha value is -0.130. The molecule has 0 spiro atoms. The molecule has 0 aromatic heterocycles. The summed E-state index contributed by atoms with van der Waals surface area (Å²) >= 11 is 2.50. The quantitative estimate of drug-likeness (QED) is 0.440. The van der Waals surface area contributed by atoms with Crippen LogP contribution in [-0.4, -0.2) is 8.53 Å². The van der Waals surface area contributed by atoms with E-state index in [0.717, 1.165) is 25.7 Å². The lowest BCUT2D eigenvalue weighted by Crippen LogP contribution is -2.15. The van der Waals surface area contributed by atoms with E-state index in [4.69, 9.17) is 0 Å². The van der Waals surface area contributed by atoms with Crippen LogP contribution >= 0.6 is 22.6 Å². The van der Waals surface area contributed by atoms with E-state index in [1.807, 2.05) is 0 Å². The zero-order chi connectivity index (χ0) is 11.3. The first-order valence-electron chi connectivity index (χ1n) is 5.48. The van der Waals surface area contributed by atoms with Crippen molar-refractivity contribution >= 4 is 22.6 Å². The molecule has 0 saturated carbocycles. The lowest BCUT2D eigenvalue weighted by Gasteiger charge is -2.23. The first-order valence-corrected chi connectivity index (χ1v) is 6.56. The minimum Gasteiger partial charge on any atom is -0.510 e. The number of rotatable bonds is 1. The van der Waals surface area contributed by atoms with Crippen molar-refractivity contribution in [3.63, 3.8) is 0 Å². The molecule has 1 N–H and O–H groups in total. The lowest BCUT2D eigenvalue weighted by atomic mass is 9.94. The van der Waals surface area contributed by atoms with Crippen LogP contribution in [0, 0.1) is 4.91 Å². The molecule has 1 aliphatic carbocycles. The largest absolute Gasteiger partial charge is 0.510 e. The third kappa shape index (κ3) is 4.49. The number of hydrogen-bond donors (Lipinski definition) is 1. The summed E-state index contributed by atoms with van der Waals surface area (Å²) in [4.78, 5) is 10.5. The van der Waals surface area contributed by atoms with E-state index in [-0.39, 0.29) is 5.76 Å². The Bertz CT molecular complexity index is 261. The molecule has 1 aliphatic rings.